The van der Waals surface area contributed by atoms with Gasteiger partial charge < -0.3 is 15.0 Å². The van der Waals surface area contributed by atoms with Gasteiger partial charge in [0.2, 0.25) is 11.8 Å². The van der Waals surface area contributed by atoms with Crippen LogP contribution in [0.4, 0.5) is 11.4 Å². The topological polar surface area (TPSA) is 58.6 Å². The Bertz CT molecular complexity index is 533. The average molecular weight is 294 g/mol. The molecule has 0 bridgehead atoms. The van der Waals surface area contributed by atoms with Crippen molar-refractivity contribution >= 4 is 35.8 Å². The van der Waals surface area contributed by atoms with Crippen LogP contribution in [0.15, 0.2) is 18.2 Å². The van der Waals surface area contributed by atoms with Gasteiger partial charge in [-0.15, -0.1) is 0 Å². The Kier molecular flexibility index (Phi) is 4.54. The Balaban J connectivity index is 2.37. The Hall–Kier alpha value is -1.69. The predicted octanol–water partition coefficient (Wildman–Crippen LogP) is 1.94. The lowest BCUT2D eigenvalue weighted by Crippen LogP contribution is -2.26. The van der Waals surface area contributed by atoms with Gasteiger partial charge in [0.15, 0.2) is 0 Å². The van der Waals surface area contributed by atoms with Crippen LogP contribution in [-0.2, 0) is 9.59 Å². The number of hydrogen-bond donors (Lipinski definition) is 2. The van der Waals surface area contributed by atoms with Crippen molar-refractivity contribution in [3.8, 4) is 5.75 Å². The maximum Gasteiger partial charge on any atom is 0.227 e. The molecular weight excluding hydrogens is 276 g/mol. The number of ether oxygens (including phenoxy) is 1. The number of nitrogens with zero attached hydrogens (tertiary/aromatic N) is 1. The molecule has 2 rings (SSSR count). The molecule has 1 saturated heterocycles. The highest BCUT2D eigenvalue weighted by Crippen LogP contribution is 2.34. The minimum atomic E-state index is -0.172. The van der Waals surface area contributed by atoms with E-state index in [1.54, 1.807) is 30.2 Å². The second kappa shape index (κ2) is 6.17. The molecule has 0 radical (unpaired) electrons. The highest BCUT2D eigenvalue weighted by Gasteiger charge is 2.31. The summed E-state index contributed by atoms with van der Waals surface area (Å²) in [7, 11) is 1.57. The maximum atomic E-state index is 12.1. The fraction of sp³-hybridized carbons (Fsp3) is 0.429. The van der Waals surface area contributed by atoms with Gasteiger partial charge in [0, 0.05) is 26.0 Å². The summed E-state index contributed by atoms with van der Waals surface area (Å²) in [5.41, 5.74) is 1.29. The largest absolute Gasteiger partial charge is 0.497 e. The number of thiol groups is 1. The summed E-state index contributed by atoms with van der Waals surface area (Å²) in [6.07, 6.45) is 0.486. The van der Waals surface area contributed by atoms with Crippen LogP contribution in [0.1, 0.15) is 13.3 Å². The summed E-state index contributed by atoms with van der Waals surface area (Å²) in [6, 6.07) is 5.27. The van der Waals surface area contributed by atoms with Crippen LogP contribution in [0, 0.1) is 5.92 Å². The molecule has 1 aromatic carbocycles. The molecule has 20 heavy (non-hydrogen) atoms. The molecule has 0 spiro atoms. The fourth-order valence-electron chi connectivity index (χ4n) is 2.29. The summed E-state index contributed by atoms with van der Waals surface area (Å²) in [5, 5.41) is 2.75. The third-order valence-electron chi connectivity index (χ3n) is 3.27. The zero-order valence-corrected chi connectivity index (χ0v) is 12.4. The number of hydrogen-bond acceptors (Lipinski definition) is 4. The van der Waals surface area contributed by atoms with Crippen molar-refractivity contribution in [2.75, 3.05) is 29.6 Å². The lowest BCUT2D eigenvalue weighted by molar-refractivity contribution is -0.117. The molecular formula is C14H18N2O3S. The molecule has 1 atom stereocenters. The van der Waals surface area contributed by atoms with Gasteiger partial charge in [-0.25, -0.2) is 0 Å². The fourth-order valence-corrected chi connectivity index (χ4v) is 2.54. The molecule has 0 aliphatic carbocycles. The molecule has 0 saturated carbocycles. The lowest BCUT2D eigenvalue weighted by Gasteiger charge is -2.21. The standard InChI is InChI=1S/C14H18N2O3S/c1-9(17)15-12-4-3-11(19-2)6-13(12)16-7-10(8-20)5-14(16)18/h3-4,6,10,20H,5,7-8H2,1-2H3,(H,15,17). The molecule has 1 aliphatic rings. The number of anilines is 2. The first-order valence-electron chi connectivity index (χ1n) is 6.42. The van der Waals surface area contributed by atoms with Crippen LogP contribution in [0.25, 0.3) is 0 Å². The van der Waals surface area contributed by atoms with E-state index in [9.17, 15) is 9.59 Å². The second-order valence-electron chi connectivity index (χ2n) is 4.82. The summed E-state index contributed by atoms with van der Waals surface area (Å²) in [4.78, 5) is 25.1. The third-order valence-corrected chi connectivity index (χ3v) is 3.79. The monoisotopic (exact) mass is 294 g/mol. The zero-order valence-electron chi connectivity index (χ0n) is 11.5. The molecule has 1 N–H and O–H groups in total. The van der Waals surface area contributed by atoms with Crippen molar-refractivity contribution < 1.29 is 14.3 Å². The number of rotatable bonds is 4. The third kappa shape index (κ3) is 3.07. The molecule has 1 fully saturated rings. The number of amides is 2. The highest BCUT2D eigenvalue weighted by molar-refractivity contribution is 7.80. The SMILES string of the molecule is COc1ccc(NC(C)=O)c(N2CC(CS)CC2=O)c1. The lowest BCUT2D eigenvalue weighted by atomic mass is 10.1. The minimum Gasteiger partial charge on any atom is -0.497 e. The quantitative estimate of drug-likeness (QED) is 0.834. The molecule has 5 nitrogen and oxygen atoms in total. The van der Waals surface area contributed by atoms with E-state index in [4.69, 9.17) is 4.74 Å². The van der Waals surface area contributed by atoms with Gasteiger partial charge >= 0.3 is 0 Å². The van der Waals surface area contributed by atoms with E-state index in [0.717, 1.165) is 0 Å². The van der Waals surface area contributed by atoms with Gasteiger partial charge in [0.05, 0.1) is 18.5 Å². The van der Waals surface area contributed by atoms with Crippen LogP contribution >= 0.6 is 12.6 Å². The molecule has 1 unspecified atom stereocenters. The Morgan fingerprint density at radius 3 is 2.85 bits per heavy atom. The summed E-state index contributed by atoms with van der Waals surface area (Å²) >= 11 is 4.26. The number of methoxy groups -OCH3 is 1. The van der Waals surface area contributed by atoms with Gasteiger partial charge in [0.25, 0.3) is 0 Å². The van der Waals surface area contributed by atoms with E-state index in [-0.39, 0.29) is 17.7 Å². The first kappa shape index (κ1) is 14.7. The second-order valence-corrected chi connectivity index (χ2v) is 5.19. The Morgan fingerprint density at radius 2 is 2.30 bits per heavy atom. The molecule has 1 aromatic rings. The molecule has 2 amide bonds. The maximum absolute atomic E-state index is 12.1. The smallest absolute Gasteiger partial charge is 0.227 e. The van der Waals surface area contributed by atoms with Gasteiger partial charge in [0.1, 0.15) is 5.75 Å². The van der Waals surface area contributed by atoms with E-state index in [0.29, 0.717) is 35.8 Å². The van der Waals surface area contributed by atoms with E-state index < -0.39 is 0 Å². The number of benzene rings is 1. The van der Waals surface area contributed by atoms with Crippen molar-refractivity contribution in [1.29, 1.82) is 0 Å². The molecule has 0 aromatic heterocycles. The Morgan fingerprint density at radius 1 is 1.55 bits per heavy atom. The van der Waals surface area contributed by atoms with Crippen molar-refractivity contribution in [1.82, 2.24) is 0 Å². The Labute approximate surface area is 123 Å². The normalized spacial score (nSPS) is 18.2. The molecule has 1 aliphatic heterocycles. The van der Waals surface area contributed by atoms with Gasteiger partial charge in [-0.3, -0.25) is 9.59 Å². The van der Waals surface area contributed by atoms with Crippen molar-refractivity contribution in [2.45, 2.75) is 13.3 Å². The van der Waals surface area contributed by atoms with E-state index in [2.05, 4.69) is 17.9 Å². The van der Waals surface area contributed by atoms with Crippen LogP contribution in [0.2, 0.25) is 0 Å². The van der Waals surface area contributed by atoms with Crippen molar-refractivity contribution in [2.24, 2.45) is 5.92 Å². The molecule has 6 heteroatoms. The summed E-state index contributed by atoms with van der Waals surface area (Å²) in [5.74, 6) is 1.43. The van der Waals surface area contributed by atoms with Gasteiger partial charge in [-0.1, -0.05) is 0 Å². The first-order valence-corrected chi connectivity index (χ1v) is 7.05. The van der Waals surface area contributed by atoms with Crippen LogP contribution in [0.5, 0.6) is 5.75 Å². The number of carbonyl (C=O) groups is 2. The molecule has 1 heterocycles. The van der Waals surface area contributed by atoms with Crippen LogP contribution in [-0.4, -0.2) is 31.2 Å². The zero-order chi connectivity index (χ0) is 14.7. The highest BCUT2D eigenvalue weighted by atomic mass is 32.1. The predicted molar refractivity (Wildman–Crippen MR) is 81.6 cm³/mol. The summed E-state index contributed by atoms with van der Waals surface area (Å²) in [6.45, 7) is 2.05. The van der Waals surface area contributed by atoms with Gasteiger partial charge in [-0.2, -0.15) is 12.6 Å². The van der Waals surface area contributed by atoms with Crippen molar-refractivity contribution in [3.63, 3.8) is 0 Å². The van der Waals surface area contributed by atoms with Crippen LogP contribution in [0.3, 0.4) is 0 Å². The van der Waals surface area contributed by atoms with E-state index >= 15 is 0 Å². The average Bonchev–Trinajstić information content (AvgIpc) is 2.80. The number of nitrogens with one attached hydrogen (secondary N) is 1. The van der Waals surface area contributed by atoms with E-state index in [1.165, 1.54) is 6.92 Å². The van der Waals surface area contributed by atoms with Crippen molar-refractivity contribution in [3.05, 3.63) is 18.2 Å². The minimum absolute atomic E-state index is 0.0453. The van der Waals surface area contributed by atoms with Crippen LogP contribution < -0.4 is 15.0 Å². The molecule has 108 valence electrons. The van der Waals surface area contributed by atoms with E-state index in [1.807, 2.05) is 0 Å². The number of carbonyl (C=O) groups excluding carboxylic acids is 2. The van der Waals surface area contributed by atoms with Gasteiger partial charge in [-0.05, 0) is 23.8 Å². The first-order chi connectivity index (χ1) is 9.55. The summed E-state index contributed by atoms with van der Waals surface area (Å²) < 4.78 is 5.20.